The zero-order chi connectivity index (χ0) is 46.9. The summed E-state index contributed by atoms with van der Waals surface area (Å²) in [5, 5.41) is 15.6. The van der Waals surface area contributed by atoms with Crippen LogP contribution in [0.2, 0.25) is 0 Å². The Kier molecular flexibility index (Phi) is 18.1. The molecular weight excluding hydrogens is 855 g/mol. The number of nitrogens with zero attached hydrogens (tertiary/aromatic N) is 1. The van der Waals surface area contributed by atoms with Crippen molar-refractivity contribution in [3.05, 3.63) is 114 Å². The molecule has 3 aromatic rings. The highest BCUT2D eigenvalue weighted by molar-refractivity contribution is 8.01. The Balaban J connectivity index is 1.86. The molecule has 0 aliphatic carbocycles. The standard InChI is InChI=1S/C44H45N5O14S/c1-7-32(51)62-20-28(21-63-33(52)8-2)45-24(3)40(53)48-38-36(43(57)59-5)34(26-15-11-9-12-16-26)29(46-38)19-30-35(27-17-13-10-14-18-27)37(44(58)60-6)39(47-30)49-41(54)25(4)64-31(42(55)56)22-61-23-50/h7-19,23-25,28,31,45,47H,1-2,20-22H2,3-6H3,(H,49,54)(H,55,56)(H,46,48,53)/b29-19-. The molecule has 0 saturated carbocycles. The number of carbonyl (C=O) groups excluding carboxylic acids is 7. The maximum absolute atomic E-state index is 13.8. The van der Waals surface area contributed by atoms with Crippen molar-refractivity contribution >= 4 is 83.2 Å². The third-order valence-electron chi connectivity index (χ3n) is 9.07. The Morgan fingerprint density at radius 3 is 1.92 bits per heavy atom. The van der Waals surface area contributed by atoms with Gasteiger partial charge < -0.3 is 44.4 Å². The van der Waals surface area contributed by atoms with Gasteiger partial charge in [0.2, 0.25) is 11.8 Å². The minimum absolute atomic E-state index is 0.0872. The van der Waals surface area contributed by atoms with E-state index in [-0.39, 0.29) is 65.0 Å². The molecule has 0 radical (unpaired) electrons. The number of hydrogen-bond donors (Lipinski definition) is 5. The molecule has 2 amide bonds. The topological polar surface area (TPSA) is 267 Å². The summed E-state index contributed by atoms with van der Waals surface area (Å²) in [5.41, 5.74) is 1.38. The molecule has 0 spiro atoms. The number of methoxy groups -OCH3 is 2. The number of allylic oxidation sites excluding steroid dienone is 1. The molecule has 2 aromatic carbocycles. The van der Waals surface area contributed by atoms with E-state index in [4.69, 9.17) is 23.9 Å². The maximum Gasteiger partial charge on any atom is 0.342 e. The first kappa shape index (κ1) is 49.1. The Bertz CT molecular complexity index is 2350. The number of anilines is 1. The number of hydrogen-bond acceptors (Lipinski definition) is 16. The fourth-order valence-corrected chi connectivity index (χ4v) is 7.00. The molecule has 3 atom stereocenters. The zero-order valence-corrected chi connectivity index (χ0v) is 35.9. The van der Waals surface area contributed by atoms with Gasteiger partial charge in [0.05, 0.1) is 42.9 Å². The van der Waals surface area contributed by atoms with E-state index in [1.807, 2.05) is 0 Å². The predicted octanol–water partition coefficient (Wildman–Crippen LogP) is 3.46. The smallest absolute Gasteiger partial charge is 0.342 e. The molecule has 336 valence electrons. The largest absolute Gasteiger partial charge is 0.480 e. The lowest BCUT2D eigenvalue weighted by atomic mass is 9.96. The zero-order valence-electron chi connectivity index (χ0n) is 35.0. The van der Waals surface area contributed by atoms with Crippen LogP contribution in [-0.2, 0) is 57.2 Å². The average Bonchev–Trinajstić information content (AvgIpc) is 3.84. The van der Waals surface area contributed by atoms with E-state index < -0.39 is 70.9 Å². The molecule has 0 fully saturated rings. The number of carbonyl (C=O) groups is 8. The number of nitrogens with one attached hydrogen (secondary N) is 4. The number of rotatable bonds is 22. The normalized spacial score (nSPS) is 14.0. The van der Waals surface area contributed by atoms with Crippen molar-refractivity contribution < 1.29 is 67.1 Å². The second kappa shape index (κ2) is 23.6. The number of aromatic nitrogens is 1. The van der Waals surface area contributed by atoms with Crippen LogP contribution in [0.5, 0.6) is 0 Å². The second-order valence-corrected chi connectivity index (χ2v) is 14.9. The van der Waals surface area contributed by atoms with Crippen LogP contribution in [0.15, 0.2) is 102 Å². The number of thioether (sulfide) groups is 1. The van der Waals surface area contributed by atoms with Gasteiger partial charge in [-0.1, -0.05) is 73.8 Å². The van der Waals surface area contributed by atoms with Gasteiger partial charge in [0.1, 0.15) is 47.9 Å². The molecule has 20 heteroatoms. The van der Waals surface area contributed by atoms with Gasteiger partial charge in [0, 0.05) is 23.3 Å². The van der Waals surface area contributed by atoms with Crippen molar-refractivity contribution in [1.82, 2.24) is 15.6 Å². The van der Waals surface area contributed by atoms with Crippen LogP contribution in [0.1, 0.15) is 35.5 Å². The maximum atomic E-state index is 13.8. The van der Waals surface area contributed by atoms with E-state index >= 15 is 0 Å². The minimum Gasteiger partial charge on any atom is -0.480 e. The van der Waals surface area contributed by atoms with Crippen LogP contribution in [0.25, 0.3) is 22.8 Å². The van der Waals surface area contributed by atoms with Crippen molar-refractivity contribution in [2.75, 3.05) is 39.4 Å². The highest BCUT2D eigenvalue weighted by Crippen LogP contribution is 2.40. The second-order valence-electron chi connectivity index (χ2n) is 13.4. The quantitative estimate of drug-likeness (QED) is 0.0418. The lowest BCUT2D eigenvalue weighted by molar-refractivity contribution is -0.142. The van der Waals surface area contributed by atoms with Crippen molar-refractivity contribution in [3.63, 3.8) is 0 Å². The van der Waals surface area contributed by atoms with E-state index in [1.165, 1.54) is 19.9 Å². The van der Waals surface area contributed by atoms with Crippen LogP contribution < -0.4 is 16.0 Å². The summed E-state index contributed by atoms with van der Waals surface area (Å²) in [4.78, 5) is 109. The Hall–Kier alpha value is -7.58. The molecule has 1 aromatic heterocycles. The highest BCUT2D eigenvalue weighted by atomic mass is 32.2. The number of carboxylic acids is 1. The molecule has 19 nitrogen and oxygen atoms in total. The van der Waals surface area contributed by atoms with Crippen molar-refractivity contribution in [2.45, 2.75) is 36.4 Å². The number of carboxylic acid groups (broad SMARTS) is 1. The van der Waals surface area contributed by atoms with Gasteiger partial charge in [0.15, 0.2) is 0 Å². The van der Waals surface area contributed by atoms with E-state index in [9.17, 15) is 43.5 Å². The number of amides is 2. The molecule has 0 bridgehead atoms. The van der Waals surface area contributed by atoms with Crippen molar-refractivity contribution in [1.29, 1.82) is 0 Å². The lowest BCUT2D eigenvalue weighted by Crippen LogP contribution is -2.51. The number of ether oxygens (including phenoxy) is 5. The molecule has 0 saturated heterocycles. The lowest BCUT2D eigenvalue weighted by Gasteiger charge is -2.22. The fourth-order valence-electron chi connectivity index (χ4n) is 6.05. The van der Waals surface area contributed by atoms with Crippen LogP contribution >= 0.6 is 11.8 Å². The van der Waals surface area contributed by atoms with E-state index in [0.717, 1.165) is 26.4 Å². The van der Waals surface area contributed by atoms with Gasteiger partial charge in [-0.05, 0) is 31.1 Å². The molecule has 1 aliphatic heterocycles. The molecule has 1 aliphatic rings. The summed E-state index contributed by atoms with van der Waals surface area (Å²) in [5.74, 6) is -6.39. The monoisotopic (exact) mass is 899 g/mol. The summed E-state index contributed by atoms with van der Waals surface area (Å²) >= 11 is 0.705. The molecule has 3 unspecified atom stereocenters. The number of esters is 4. The number of aliphatic carboxylic acids is 1. The molecular formula is C44H45N5O14S. The SMILES string of the molecule is C=CC(=O)OCC(COC(=O)C=C)NC(C)C(=O)NC1=N/C(=C\c2[nH]c(NC(=O)C(C)SC(COC=O)C(=O)O)c(C(=O)OC)c2-c2ccccc2)C(c2ccccc2)=C1C(=O)OC. The van der Waals surface area contributed by atoms with Gasteiger partial charge in [-0.3, -0.25) is 24.5 Å². The molecule has 5 N–H and O–H groups in total. The van der Waals surface area contributed by atoms with E-state index in [1.54, 1.807) is 60.7 Å². The Morgan fingerprint density at radius 1 is 0.812 bits per heavy atom. The molecule has 64 heavy (non-hydrogen) atoms. The summed E-state index contributed by atoms with van der Waals surface area (Å²) in [6.45, 7) is 8.55. The first-order valence-electron chi connectivity index (χ1n) is 19.2. The first-order valence-corrected chi connectivity index (χ1v) is 20.1. The van der Waals surface area contributed by atoms with Crippen molar-refractivity contribution in [3.8, 4) is 11.1 Å². The minimum atomic E-state index is -1.32. The van der Waals surface area contributed by atoms with E-state index in [2.05, 4.69) is 38.8 Å². The number of amidine groups is 1. The van der Waals surface area contributed by atoms with Crippen molar-refractivity contribution in [2.24, 2.45) is 4.99 Å². The number of H-pyrrole nitrogens is 1. The third-order valence-corrected chi connectivity index (χ3v) is 10.4. The fraction of sp³-hybridized carbons (Fsp3) is 0.250. The predicted molar refractivity (Wildman–Crippen MR) is 234 cm³/mol. The van der Waals surface area contributed by atoms with Gasteiger partial charge in [-0.25, -0.2) is 24.2 Å². The summed E-state index contributed by atoms with van der Waals surface area (Å²) < 4.78 is 25.2. The number of benzene rings is 2. The first-order chi connectivity index (χ1) is 30.7. The average molecular weight is 900 g/mol. The van der Waals surface area contributed by atoms with Crippen LogP contribution in [0.3, 0.4) is 0 Å². The third kappa shape index (κ3) is 12.7. The number of aliphatic imine (C=N–C) groups is 1. The molecule has 4 rings (SSSR count). The van der Waals surface area contributed by atoms with Gasteiger partial charge in [0.25, 0.3) is 6.47 Å². The van der Waals surface area contributed by atoms with Gasteiger partial charge in [-0.15, -0.1) is 11.8 Å². The highest BCUT2D eigenvalue weighted by Gasteiger charge is 2.35. The Morgan fingerprint density at radius 2 is 1.39 bits per heavy atom. The van der Waals surface area contributed by atoms with Crippen LogP contribution in [0.4, 0.5) is 5.82 Å². The molecule has 2 heterocycles. The summed E-state index contributed by atoms with van der Waals surface area (Å²) in [7, 11) is 2.29. The number of aromatic amines is 1. The Labute approximate surface area is 371 Å². The van der Waals surface area contributed by atoms with Crippen LogP contribution in [-0.4, -0.2) is 121 Å². The van der Waals surface area contributed by atoms with E-state index in [0.29, 0.717) is 22.9 Å². The summed E-state index contributed by atoms with van der Waals surface area (Å²) in [6, 6.07) is 15.1. The summed E-state index contributed by atoms with van der Waals surface area (Å²) in [6.07, 6.45) is 3.37. The van der Waals surface area contributed by atoms with Gasteiger partial charge >= 0.3 is 29.8 Å². The van der Waals surface area contributed by atoms with Crippen LogP contribution in [0, 0.1) is 0 Å². The van der Waals surface area contributed by atoms with Gasteiger partial charge in [-0.2, -0.15) is 0 Å².